The van der Waals surface area contributed by atoms with E-state index in [1.165, 1.54) is 17.2 Å². The number of amides is 2. The van der Waals surface area contributed by atoms with Crippen molar-refractivity contribution in [3.63, 3.8) is 0 Å². The van der Waals surface area contributed by atoms with Gasteiger partial charge >= 0.3 is 31.5 Å². The number of hydrogen-bond donors (Lipinski definition) is 2. The summed E-state index contributed by atoms with van der Waals surface area (Å²) in [5.74, 6) is -1.60. The first kappa shape index (κ1) is 44.7. The van der Waals surface area contributed by atoms with Crippen LogP contribution in [0.1, 0.15) is 112 Å². The number of rotatable bonds is 1. The van der Waals surface area contributed by atoms with Crippen LogP contribution in [-0.4, -0.2) is 116 Å². The maximum atomic E-state index is 12.1. The minimum absolute atomic E-state index is 0. The molecule has 3 fully saturated rings. The van der Waals surface area contributed by atoms with Gasteiger partial charge in [-0.1, -0.05) is 25.6 Å². The molecule has 2 N–H and O–H groups in total. The van der Waals surface area contributed by atoms with E-state index in [4.69, 9.17) is 24.1 Å². The molecule has 0 aliphatic carbocycles. The van der Waals surface area contributed by atoms with Gasteiger partial charge in [-0.3, -0.25) is 4.79 Å². The maximum Gasteiger partial charge on any atom is 1.00 e. The van der Waals surface area contributed by atoms with Gasteiger partial charge in [-0.2, -0.15) is 0 Å². The van der Waals surface area contributed by atoms with Crippen molar-refractivity contribution in [1.29, 1.82) is 0 Å². The number of nitrogens with one attached hydrogen (secondary N) is 1. The fourth-order valence-electron chi connectivity index (χ4n) is 6.59. The third-order valence-corrected chi connectivity index (χ3v) is 9.12. The second-order valence-electron chi connectivity index (χ2n) is 15.9. The Labute approximate surface area is 338 Å². The van der Waals surface area contributed by atoms with E-state index >= 15 is 0 Å². The Morgan fingerprint density at radius 2 is 1.31 bits per heavy atom. The van der Waals surface area contributed by atoms with Crippen molar-refractivity contribution in [2.24, 2.45) is 0 Å². The number of carbonyl (C=O) groups excluding carboxylic acids is 5. The molecular weight excluding hydrogens is 752 g/mol. The van der Waals surface area contributed by atoms with Crippen LogP contribution in [0.15, 0.2) is 61.1 Å². The molecule has 312 valence electrons. The van der Waals surface area contributed by atoms with Crippen molar-refractivity contribution in [3.8, 4) is 0 Å². The van der Waals surface area contributed by atoms with Gasteiger partial charge in [0.1, 0.15) is 16.9 Å². The van der Waals surface area contributed by atoms with E-state index in [0.717, 1.165) is 24.1 Å². The van der Waals surface area contributed by atoms with Crippen LogP contribution >= 0.6 is 0 Å². The Balaban J connectivity index is 0.000000217. The number of fused-ring (bicyclic) bond motifs is 4. The van der Waals surface area contributed by atoms with Gasteiger partial charge in [0.2, 0.25) is 0 Å². The fourth-order valence-corrected chi connectivity index (χ4v) is 6.59. The zero-order valence-electron chi connectivity index (χ0n) is 33.9. The summed E-state index contributed by atoms with van der Waals surface area (Å²) in [6.45, 7) is 14.0. The van der Waals surface area contributed by atoms with Crippen LogP contribution in [0.2, 0.25) is 0 Å². The fraction of sp³-hybridized carbons (Fsp3) is 0.488. The molecule has 58 heavy (non-hydrogen) atoms. The van der Waals surface area contributed by atoms with Crippen LogP contribution in [0.25, 0.3) is 0 Å². The van der Waals surface area contributed by atoms with Gasteiger partial charge in [0.25, 0.3) is 0 Å². The number of aromatic nitrogens is 3. The second-order valence-corrected chi connectivity index (χ2v) is 15.9. The van der Waals surface area contributed by atoms with E-state index in [-0.39, 0.29) is 38.9 Å². The molecule has 8 rings (SSSR count). The van der Waals surface area contributed by atoms with Crippen molar-refractivity contribution in [1.82, 2.24) is 30.1 Å². The summed E-state index contributed by atoms with van der Waals surface area (Å²) in [6, 6.07) is 12.1. The Morgan fingerprint density at radius 1 is 0.759 bits per heavy atom. The van der Waals surface area contributed by atoms with E-state index < -0.39 is 40.4 Å². The van der Waals surface area contributed by atoms with E-state index in [2.05, 4.69) is 20.3 Å². The summed E-state index contributed by atoms with van der Waals surface area (Å²) in [7, 11) is 0. The molecule has 8 heterocycles. The summed E-state index contributed by atoms with van der Waals surface area (Å²) in [5.41, 5.74) is 0.396. The smallest absolute Gasteiger partial charge is 0.477 e. The van der Waals surface area contributed by atoms with E-state index in [1.54, 1.807) is 35.5 Å². The van der Waals surface area contributed by atoms with Crippen LogP contribution in [0, 0.1) is 0 Å². The third-order valence-electron chi connectivity index (χ3n) is 9.12. The summed E-state index contributed by atoms with van der Waals surface area (Å²) in [6.07, 6.45) is 5.74. The summed E-state index contributed by atoms with van der Waals surface area (Å²) in [4.78, 5) is 82.7. The SMILES string of the molecule is C.CC(C)(C)OC(=O)N1CCC(=O)C1.CC(C)(C)OC(=O)N1CCC2(C1)OC(=O)c1ncccc12.O=C(O)c1ccccn1.O=C1OC2(CCNC2)c2cccnc21.[H+]. The number of ether oxygens (including phenoxy) is 4. The average molecular weight is 806 g/mol. The third kappa shape index (κ3) is 10.9. The summed E-state index contributed by atoms with van der Waals surface area (Å²) < 4.78 is 21.4. The summed E-state index contributed by atoms with van der Waals surface area (Å²) in [5, 5.41) is 11.5. The first-order valence-electron chi connectivity index (χ1n) is 18.5. The zero-order valence-corrected chi connectivity index (χ0v) is 32.9. The van der Waals surface area contributed by atoms with Crippen LogP contribution in [-0.2, 0) is 34.9 Å². The number of hydrogen-bond acceptors (Lipinski definition) is 14. The van der Waals surface area contributed by atoms with E-state index in [9.17, 15) is 28.8 Å². The van der Waals surface area contributed by atoms with Crippen molar-refractivity contribution in [2.45, 2.75) is 90.6 Å². The number of aromatic carboxylic acids is 1. The lowest BCUT2D eigenvalue weighted by atomic mass is 9.94. The molecule has 2 amide bonds. The van der Waals surface area contributed by atoms with Crippen LogP contribution in [0.3, 0.4) is 0 Å². The molecule has 5 aliphatic heterocycles. The molecule has 3 aromatic heterocycles. The van der Waals surface area contributed by atoms with Crippen LogP contribution in [0.5, 0.6) is 0 Å². The van der Waals surface area contributed by atoms with Crippen molar-refractivity contribution >= 4 is 35.9 Å². The van der Waals surface area contributed by atoms with E-state index in [1.807, 2.05) is 59.7 Å². The van der Waals surface area contributed by atoms with Gasteiger partial charge in [-0.25, -0.2) is 38.9 Å². The molecule has 2 spiro atoms. The van der Waals surface area contributed by atoms with Crippen LogP contribution in [0.4, 0.5) is 9.59 Å². The van der Waals surface area contributed by atoms with Crippen molar-refractivity contribution in [2.75, 3.05) is 39.3 Å². The molecule has 3 aromatic rings. The minimum atomic E-state index is -0.990. The van der Waals surface area contributed by atoms with Gasteiger partial charge in [-0.05, 0) is 72.4 Å². The molecule has 2 atom stereocenters. The first-order valence-corrected chi connectivity index (χ1v) is 18.5. The average Bonchev–Trinajstić information content (AvgIpc) is 3.99. The molecule has 0 radical (unpaired) electrons. The normalized spacial score (nSPS) is 21.2. The first-order chi connectivity index (χ1) is 26.8. The molecule has 2 unspecified atom stereocenters. The Morgan fingerprint density at radius 3 is 1.78 bits per heavy atom. The Bertz CT molecular complexity index is 2000. The van der Waals surface area contributed by atoms with Gasteiger partial charge in [-0.15, -0.1) is 0 Å². The number of carboxylic acids is 1. The van der Waals surface area contributed by atoms with Gasteiger partial charge < -0.3 is 39.2 Å². The number of carbonyl (C=O) groups is 6. The van der Waals surface area contributed by atoms with Gasteiger partial charge in [0.15, 0.2) is 28.4 Å². The molecular formula is C41H53N6O11+. The number of esters is 2. The molecule has 17 nitrogen and oxygen atoms in total. The van der Waals surface area contributed by atoms with Crippen molar-refractivity contribution in [3.05, 3.63) is 89.3 Å². The number of ketones is 1. The highest BCUT2D eigenvalue weighted by Crippen LogP contribution is 2.43. The molecule has 17 heteroatoms. The number of carboxylic acid groups (broad SMARTS) is 1. The lowest BCUT2D eigenvalue weighted by Gasteiger charge is -2.26. The maximum absolute atomic E-state index is 12.1. The monoisotopic (exact) mass is 805 g/mol. The molecule has 0 bridgehead atoms. The van der Waals surface area contributed by atoms with Gasteiger partial charge in [0, 0.05) is 68.6 Å². The quantitative estimate of drug-likeness (QED) is 0.237. The molecule has 0 saturated carbocycles. The largest absolute Gasteiger partial charge is 1.00 e. The highest BCUT2D eigenvalue weighted by Gasteiger charge is 2.52. The van der Waals surface area contributed by atoms with Gasteiger partial charge in [0.05, 0.1) is 13.1 Å². The van der Waals surface area contributed by atoms with Crippen LogP contribution < -0.4 is 5.32 Å². The van der Waals surface area contributed by atoms with E-state index in [0.29, 0.717) is 50.4 Å². The lowest BCUT2D eigenvalue weighted by molar-refractivity contribution is -0.117. The predicted octanol–water partition coefficient (Wildman–Crippen LogP) is 5.25. The Hall–Kier alpha value is -5.97. The number of pyridine rings is 3. The lowest BCUT2D eigenvalue weighted by Crippen LogP contribution is -2.38. The number of nitrogens with zero attached hydrogens (tertiary/aromatic N) is 5. The molecule has 3 saturated heterocycles. The zero-order chi connectivity index (χ0) is 41.6. The molecule has 0 aromatic carbocycles. The highest BCUT2D eigenvalue weighted by atomic mass is 16.6. The van der Waals surface area contributed by atoms with Crippen molar-refractivity contribution < 1.29 is 54.2 Å². The minimum Gasteiger partial charge on any atom is -0.477 e. The second kappa shape index (κ2) is 18.1. The predicted molar refractivity (Wildman–Crippen MR) is 209 cm³/mol. The topological polar surface area (TPSA) is 217 Å². The highest BCUT2D eigenvalue weighted by molar-refractivity contribution is 5.93. The summed E-state index contributed by atoms with van der Waals surface area (Å²) >= 11 is 0. The number of likely N-dealkylation sites (tertiary alicyclic amines) is 2. The number of Topliss-reactive ketones (excluding diaryl/α,β-unsaturated/α-hetero) is 1. The molecule has 5 aliphatic rings. The Kier molecular flexibility index (Phi) is 14.0. The standard InChI is InChI=1S/C15H18N2O4.C10H10N2O2.C9H15NO3.C6H5NO2.CH4/c1-14(2,3)21-13(19)17-8-6-15(9-17)10-5-4-7-16-11(10)12(18)20-15;13-9-8-7(2-1-4-12-8)10(14-9)3-5-11-6-10;1-9(2,3)13-8(12)10-5-4-7(11)6-10;8-6(9)5-3-1-2-4-7-5;/h4-5,7H,6,8-9H2,1-3H3;1-2,4,11H,3,5-6H2;4-6H2,1-3H3;1-4H,(H,8,9);1H4/p+1.